The Morgan fingerprint density at radius 2 is 2.09 bits per heavy atom. The van der Waals surface area contributed by atoms with E-state index in [9.17, 15) is 10.1 Å². The minimum absolute atomic E-state index is 0.0589. The molecular weight excluding hydrogens is 442 g/mol. The summed E-state index contributed by atoms with van der Waals surface area (Å²) in [7, 11) is 0. The third-order valence-corrected chi connectivity index (χ3v) is 6.10. The van der Waals surface area contributed by atoms with Crippen molar-refractivity contribution in [3.05, 3.63) is 62.4 Å². The zero-order valence-corrected chi connectivity index (χ0v) is 18.7. The predicted octanol–water partition coefficient (Wildman–Crippen LogP) is 3.19. The molecular formula is C22H20ClN9O. The maximum Gasteiger partial charge on any atom is 0.268 e. The Balaban J connectivity index is 1.77. The zero-order valence-electron chi connectivity index (χ0n) is 17.9. The molecule has 1 aliphatic carbocycles. The third-order valence-electron chi connectivity index (χ3n) is 5.78. The standard InChI is InChI=1S/C22H20ClN9O/c1-10-9-26-31-19(10)32-20(28-15-5-3-4-14(23)16(15)21(32)33)17(12-6-7-12)29-18-13(8-24)11(2)27-22(25)30-18/h3-5,9,12,17H,6-7H2,1-2H3,(H,26,31)(H3,25,27,29,30)/t17-/m0/s1. The average molecular weight is 462 g/mol. The van der Waals surface area contributed by atoms with Crippen LogP contribution in [0.2, 0.25) is 5.02 Å². The van der Waals surface area contributed by atoms with Gasteiger partial charge in [0.05, 0.1) is 33.9 Å². The molecule has 0 unspecified atom stereocenters. The van der Waals surface area contributed by atoms with Crippen molar-refractivity contribution in [3.63, 3.8) is 0 Å². The van der Waals surface area contributed by atoms with Crippen LogP contribution in [0.25, 0.3) is 16.7 Å². The predicted molar refractivity (Wildman–Crippen MR) is 124 cm³/mol. The first-order valence-electron chi connectivity index (χ1n) is 10.4. The van der Waals surface area contributed by atoms with Gasteiger partial charge in [-0.1, -0.05) is 17.7 Å². The quantitative estimate of drug-likeness (QED) is 0.409. The van der Waals surface area contributed by atoms with E-state index in [4.69, 9.17) is 22.3 Å². The minimum atomic E-state index is -0.412. The molecule has 0 amide bonds. The van der Waals surface area contributed by atoms with Gasteiger partial charge in [0.2, 0.25) is 5.95 Å². The van der Waals surface area contributed by atoms with Crippen LogP contribution < -0.4 is 16.6 Å². The summed E-state index contributed by atoms with van der Waals surface area (Å²) in [6.45, 7) is 3.56. The van der Waals surface area contributed by atoms with Gasteiger partial charge in [0.15, 0.2) is 0 Å². The van der Waals surface area contributed by atoms with Crippen molar-refractivity contribution < 1.29 is 0 Å². The van der Waals surface area contributed by atoms with Gasteiger partial charge in [-0.05, 0) is 44.7 Å². The number of hydrogen-bond donors (Lipinski definition) is 3. The first kappa shape index (κ1) is 20.9. The second-order valence-corrected chi connectivity index (χ2v) is 8.52. The zero-order chi connectivity index (χ0) is 23.3. The van der Waals surface area contributed by atoms with Crippen molar-refractivity contribution in [2.75, 3.05) is 11.1 Å². The number of fused-ring (bicyclic) bond motifs is 1. The summed E-state index contributed by atoms with van der Waals surface area (Å²) in [4.78, 5) is 26.9. The summed E-state index contributed by atoms with van der Waals surface area (Å²) < 4.78 is 1.51. The number of nitrogen functional groups attached to an aromatic ring is 1. The molecule has 1 aromatic carbocycles. The Hall–Kier alpha value is -3.97. The maximum atomic E-state index is 13.7. The summed E-state index contributed by atoms with van der Waals surface area (Å²) >= 11 is 6.38. The number of hydrogen-bond acceptors (Lipinski definition) is 8. The molecule has 33 heavy (non-hydrogen) atoms. The minimum Gasteiger partial charge on any atom is -0.368 e. The third kappa shape index (κ3) is 3.56. The van der Waals surface area contributed by atoms with Gasteiger partial charge in [-0.2, -0.15) is 15.3 Å². The van der Waals surface area contributed by atoms with Crippen LogP contribution in [-0.2, 0) is 0 Å². The number of nitriles is 1. The Morgan fingerprint density at radius 1 is 1.30 bits per heavy atom. The van der Waals surface area contributed by atoms with E-state index in [0.717, 1.165) is 18.4 Å². The van der Waals surface area contributed by atoms with Crippen LogP contribution in [0.5, 0.6) is 0 Å². The van der Waals surface area contributed by atoms with E-state index >= 15 is 0 Å². The number of anilines is 2. The maximum absolute atomic E-state index is 13.7. The summed E-state index contributed by atoms with van der Waals surface area (Å²) in [5.74, 6) is 1.54. The lowest BCUT2D eigenvalue weighted by Gasteiger charge is -2.23. The van der Waals surface area contributed by atoms with Crippen molar-refractivity contribution in [2.24, 2.45) is 5.92 Å². The molecule has 4 N–H and O–H groups in total. The van der Waals surface area contributed by atoms with Crippen LogP contribution in [0.1, 0.15) is 41.5 Å². The fourth-order valence-electron chi connectivity index (χ4n) is 4.00. The van der Waals surface area contributed by atoms with E-state index in [1.807, 2.05) is 6.92 Å². The largest absolute Gasteiger partial charge is 0.368 e. The normalized spacial score (nSPS) is 14.2. The van der Waals surface area contributed by atoms with Crippen molar-refractivity contribution in [1.82, 2.24) is 29.7 Å². The molecule has 166 valence electrons. The fourth-order valence-corrected chi connectivity index (χ4v) is 4.25. The van der Waals surface area contributed by atoms with Crippen LogP contribution in [-0.4, -0.2) is 29.7 Å². The van der Waals surface area contributed by atoms with Gasteiger partial charge in [-0.15, -0.1) is 0 Å². The number of H-pyrrole nitrogens is 1. The molecule has 10 nitrogen and oxygen atoms in total. The lowest BCUT2D eigenvalue weighted by atomic mass is 10.1. The second-order valence-electron chi connectivity index (χ2n) is 8.11. The number of rotatable bonds is 5. The van der Waals surface area contributed by atoms with E-state index < -0.39 is 6.04 Å². The van der Waals surface area contributed by atoms with Gasteiger partial charge >= 0.3 is 0 Å². The number of aromatic amines is 1. The van der Waals surface area contributed by atoms with E-state index in [-0.39, 0.29) is 17.4 Å². The summed E-state index contributed by atoms with van der Waals surface area (Å²) in [6, 6.07) is 6.91. The summed E-state index contributed by atoms with van der Waals surface area (Å²) in [5, 5.41) is 20.7. The van der Waals surface area contributed by atoms with Gasteiger partial charge in [-0.3, -0.25) is 9.89 Å². The van der Waals surface area contributed by atoms with Gasteiger partial charge in [0.25, 0.3) is 5.56 Å². The van der Waals surface area contributed by atoms with Crippen LogP contribution in [0.15, 0.2) is 29.2 Å². The molecule has 0 radical (unpaired) electrons. The number of nitrogens with one attached hydrogen (secondary N) is 2. The Bertz CT molecular complexity index is 1500. The van der Waals surface area contributed by atoms with Crippen LogP contribution in [0, 0.1) is 31.1 Å². The monoisotopic (exact) mass is 461 g/mol. The summed E-state index contributed by atoms with van der Waals surface area (Å²) in [5.41, 5.74) is 7.59. The Morgan fingerprint density at radius 3 is 2.76 bits per heavy atom. The molecule has 0 spiro atoms. The molecule has 0 saturated heterocycles. The van der Waals surface area contributed by atoms with Crippen LogP contribution in [0.3, 0.4) is 0 Å². The first-order valence-corrected chi connectivity index (χ1v) is 10.8. The highest BCUT2D eigenvalue weighted by Gasteiger charge is 2.37. The van der Waals surface area contributed by atoms with Gasteiger partial charge < -0.3 is 11.1 Å². The Kier molecular flexibility index (Phi) is 4.98. The van der Waals surface area contributed by atoms with Gasteiger partial charge in [0, 0.05) is 5.56 Å². The van der Waals surface area contributed by atoms with Gasteiger partial charge in [-0.25, -0.2) is 14.5 Å². The van der Waals surface area contributed by atoms with Crippen molar-refractivity contribution in [2.45, 2.75) is 32.7 Å². The molecule has 1 fully saturated rings. The number of aryl methyl sites for hydroxylation is 2. The SMILES string of the molecule is Cc1cn[nH]c1-n1c([C@@H](Nc2nc(N)nc(C)c2C#N)C2CC2)nc2cccc(Cl)c2c1=O. The first-order chi connectivity index (χ1) is 15.9. The van der Waals surface area contributed by atoms with E-state index in [1.165, 1.54) is 4.57 Å². The molecule has 1 atom stereocenters. The van der Waals surface area contributed by atoms with Crippen molar-refractivity contribution >= 4 is 34.3 Å². The highest BCUT2D eigenvalue weighted by molar-refractivity contribution is 6.35. The summed E-state index contributed by atoms with van der Waals surface area (Å²) in [6.07, 6.45) is 3.51. The smallest absolute Gasteiger partial charge is 0.268 e. The molecule has 4 aromatic rings. The fraction of sp³-hybridized carbons (Fsp3) is 0.273. The van der Waals surface area contributed by atoms with Crippen molar-refractivity contribution in [3.8, 4) is 11.9 Å². The second kappa shape index (κ2) is 7.86. The number of halogens is 1. The van der Waals surface area contributed by atoms with Crippen LogP contribution >= 0.6 is 11.6 Å². The van der Waals surface area contributed by atoms with E-state index in [0.29, 0.717) is 44.6 Å². The van der Waals surface area contributed by atoms with E-state index in [2.05, 4.69) is 31.6 Å². The number of nitrogens with zero attached hydrogens (tertiary/aromatic N) is 6. The van der Waals surface area contributed by atoms with Gasteiger partial charge in [0.1, 0.15) is 29.1 Å². The molecule has 5 rings (SSSR count). The lowest BCUT2D eigenvalue weighted by Crippen LogP contribution is -2.30. The lowest BCUT2D eigenvalue weighted by molar-refractivity contribution is 0.604. The average Bonchev–Trinajstić information content (AvgIpc) is 3.52. The molecule has 1 saturated carbocycles. The topological polar surface area (TPSA) is 151 Å². The van der Waals surface area contributed by atoms with E-state index in [1.54, 1.807) is 31.3 Å². The van der Waals surface area contributed by atoms with Crippen molar-refractivity contribution in [1.29, 1.82) is 5.26 Å². The molecule has 1 aliphatic rings. The number of nitrogens with two attached hydrogens (primary N) is 1. The number of aromatic nitrogens is 6. The molecule has 3 heterocycles. The molecule has 11 heteroatoms. The van der Waals surface area contributed by atoms with Crippen LogP contribution in [0.4, 0.5) is 11.8 Å². The molecule has 0 bridgehead atoms. The molecule has 3 aromatic heterocycles. The highest BCUT2D eigenvalue weighted by Crippen LogP contribution is 2.43. The highest BCUT2D eigenvalue weighted by atomic mass is 35.5. The number of benzene rings is 1. The Labute approximate surface area is 193 Å². The molecule has 0 aliphatic heterocycles.